The molecule has 0 amide bonds. The van der Waals surface area contributed by atoms with Crippen LogP contribution >= 0.6 is 22.6 Å². The highest BCUT2D eigenvalue weighted by Gasteiger charge is 2.40. The fourth-order valence-corrected chi connectivity index (χ4v) is 4.29. The fraction of sp³-hybridized carbons (Fsp3) is 0.750. The molecule has 0 aliphatic heterocycles. The van der Waals surface area contributed by atoms with E-state index in [0.29, 0.717) is 6.61 Å². The standard InChI is InChI=1S/C16H26IN3O/c1-6-21-16(9-7-8-10-16)14-19-12(15(2,3)4)11(17)13(18-5)20-14/h6-10H2,1-5H3,(H,18,19,20). The maximum absolute atomic E-state index is 6.13. The van der Waals surface area contributed by atoms with Crippen molar-refractivity contribution >= 4 is 28.4 Å². The lowest BCUT2D eigenvalue weighted by atomic mass is 9.91. The van der Waals surface area contributed by atoms with Crippen molar-refractivity contribution in [3.63, 3.8) is 0 Å². The molecule has 0 unspecified atom stereocenters. The first kappa shape index (κ1) is 16.9. The zero-order valence-electron chi connectivity index (χ0n) is 13.7. The Morgan fingerprint density at radius 3 is 2.33 bits per heavy atom. The second kappa shape index (κ2) is 6.36. The Bertz CT molecular complexity index is 505. The molecule has 1 aliphatic carbocycles. The fourth-order valence-electron chi connectivity index (χ4n) is 2.97. The van der Waals surface area contributed by atoms with Gasteiger partial charge in [-0.15, -0.1) is 0 Å². The van der Waals surface area contributed by atoms with Crippen LogP contribution < -0.4 is 5.32 Å². The van der Waals surface area contributed by atoms with E-state index in [0.717, 1.165) is 33.7 Å². The predicted octanol–water partition coefficient (Wildman–Crippen LogP) is 4.23. The SMILES string of the molecule is CCOC1(c2nc(NC)c(I)c(C(C)(C)C)n2)CCCC1. The summed E-state index contributed by atoms with van der Waals surface area (Å²) in [6, 6.07) is 0. The van der Waals surface area contributed by atoms with Crippen molar-refractivity contribution in [1.29, 1.82) is 0 Å². The van der Waals surface area contributed by atoms with E-state index in [1.54, 1.807) is 0 Å². The van der Waals surface area contributed by atoms with Gasteiger partial charge in [0, 0.05) is 19.1 Å². The second-order valence-corrected chi connectivity index (χ2v) is 7.77. The molecule has 1 heterocycles. The average molecular weight is 403 g/mol. The third-order valence-electron chi connectivity index (χ3n) is 4.04. The third kappa shape index (κ3) is 3.33. The number of aromatic nitrogens is 2. The summed E-state index contributed by atoms with van der Waals surface area (Å²) in [5.41, 5.74) is 0.805. The molecular weight excluding hydrogens is 377 g/mol. The molecule has 1 aliphatic rings. The monoisotopic (exact) mass is 403 g/mol. The van der Waals surface area contributed by atoms with Gasteiger partial charge in [-0.05, 0) is 55.2 Å². The van der Waals surface area contributed by atoms with Gasteiger partial charge < -0.3 is 10.1 Å². The molecule has 21 heavy (non-hydrogen) atoms. The average Bonchev–Trinajstić information content (AvgIpc) is 2.87. The highest BCUT2D eigenvalue weighted by Crippen LogP contribution is 2.42. The number of anilines is 1. The number of hydrogen-bond donors (Lipinski definition) is 1. The number of rotatable bonds is 4. The van der Waals surface area contributed by atoms with Gasteiger partial charge in [-0.25, -0.2) is 9.97 Å². The maximum atomic E-state index is 6.13. The van der Waals surface area contributed by atoms with Gasteiger partial charge in [0.05, 0.1) is 9.26 Å². The smallest absolute Gasteiger partial charge is 0.162 e. The second-order valence-electron chi connectivity index (χ2n) is 6.69. The summed E-state index contributed by atoms with van der Waals surface area (Å²) < 4.78 is 7.24. The maximum Gasteiger partial charge on any atom is 0.162 e. The number of hydrogen-bond acceptors (Lipinski definition) is 4. The molecule has 4 nitrogen and oxygen atoms in total. The van der Waals surface area contributed by atoms with Crippen molar-refractivity contribution < 1.29 is 4.74 Å². The van der Waals surface area contributed by atoms with E-state index in [1.807, 2.05) is 7.05 Å². The minimum Gasteiger partial charge on any atom is -0.372 e. The molecular formula is C16H26IN3O. The Hall–Kier alpha value is -0.430. The highest BCUT2D eigenvalue weighted by atomic mass is 127. The van der Waals surface area contributed by atoms with Crippen molar-refractivity contribution in [1.82, 2.24) is 9.97 Å². The van der Waals surface area contributed by atoms with Crippen LogP contribution in [0.15, 0.2) is 0 Å². The molecule has 5 heteroatoms. The number of nitrogens with zero attached hydrogens (tertiary/aromatic N) is 2. The van der Waals surface area contributed by atoms with Gasteiger partial charge in [0.1, 0.15) is 11.4 Å². The quantitative estimate of drug-likeness (QED) is 0.765. The topological polar surface area (TPSA) is 47.0 Å². The summed E-state index contributed by atoms with van der Waals surface area (Å²) in [6.45, 7) is 9.35. The molecule has 0 saturated heterocycles. The molecule has 1 aromatic heterocycles. The van der Waals surface area contributed by atoms with Gasteiger partial charge in [0.2, 0.25) is 0 Å². The first-order chi connectivity index (χ1) is 9.84. The number of ether oxygens (including phenoxy) is 1. The van der Waals surface area contributed by atoms with Crippen LogP contribution in [0.5, 0.6) is 0 Å². The lowest BCUT2D eigenvalue weighted by Crippen LogP contribution is -2.31. The van der Waals surface area contributed by atoms with Crippen LogP contribution in [0.3, 0.4) is 0 Å². The van der Waals surface area contributed by atoms with Crippen LogP contribution in [0.25, 0.3) is 0 Å². The minimum atomic E-state index is -0.287. The van der Waals surface area contributed by atoms with Crippen LogP contribution in [-0.4, -0.2) is 23.6 Å². The molecule has 1 aromatic rings. The van der Waals surface area contributed by atoms with E-state index in [1.165, 1.54) is 12.8 Å². The van der Waals surface area contributed by atoms with Crippen LogP contribution in [-0.2, 0) is 15.8 Å². The van der Waals surface area contributed by atoms with Gasteiger partial charge in [0.25, 0.3) is 0 Å². The van der Waals surface area contributed by atoms with Gasteiger partial charge in [-0.1, -0.05) is 20.8 Å². The zero-order valence-corrected chi connectivity index (χ0v) is 15.9. The molecule has 1 saturated carbocycles. The van der Waals surface area contributed by atoms with Crippen LogP contribution in [0, 0.1) is 3.57 Å². The predicted molar refractivity (Wildman–Crippen MR) is 94.8 cm³/mol. The molecule has 1 fully saturated rings. The lowest BCUT2D eigenvalue weighted by molar-refractivity contribution is -0.0458. The largest absolute Gasteiger partial charge is 0.372 e. The summed E-state index contributed by atoms with van der Waals surface area (Å²) in [6.07, 6.45) is 4.42. The van der Waals surface area contributed by atoms with Crippen molar-refractivity contribution in [2.45, 2.75) is 64.4 Å². The Kier molecular flexibility index (Phi) is 5.13. The van der Waals surface area contributed by atoms with E-state index in [-0.39, 0.29) is 11.0 Å². The number of nitrogens with one attached hydrogen (secondary N) is 1. The van der Waals surface area contributed by atoms with Gasteiger partial charge >= 0.3 is 0 Å². The van der Waals surface area contributed by atoms with Crippen molar-refractivity contribution in [2.24, 2.45) is 0 Å². The summed E-state index contributed by atoms with van der Waals surface area (Å²) in [7, 11) is 1.92. The minimum absolute atomic E-state index is 0.00811. The van der Waals surface area contributed by atoms with Crippen LogP contribution in [0.4, 0.5) is 5.82 Å². The molecule has 0 bridgehead atoms. The van der Waals surface area contributed by atoms with Crippen molar-refractivity contribution in [3.05, 3.63) is 15.1 Å². The van der Waals surface area contributed by atoms with Gasteiger partial charge in [0.15, 0.2) is 5.82 Å². The summed E-state index contributed by atoms with van der Waals surface area (Å²) in [4.78, 5) is 9.72. The normalized spacial score (nSPS) is 18.0. The summed E-state index contributed by atoms with van der Waals surface area (Å²) in [5.74, 6) is 1.77. The molecule has 0 radical (unpaired) electrons. The van der Waals surface area contributed by atoms with E-state index < -0.39 is 0 Å². The van der Waals surface area contributed by atoms with Crippen molar-refractivity contribution in [2.75, 3.05) is 19.0 Å². The van der Waals surface area contributed by atoms with Crippen molar-refractivity contribution in [3.8, 4) is 0 Å². The highest BCUT2D eigenvalue weighted by molar-refractivity contribution is 14.1. The van der Waals surface area contributed by atoms with E-state index in [2.05, 4.69) is 55.6 Å². The molecule has 1 N–H and O–H groups in total. The summed E-state index contributed by atoms with van der Waals surface area (Å²) >= 11 is 2.34. The van der Waals surface area contributed by atoms with Crippen LogP contribution in [0.1, 0.15) is 64.9 Å². The van der Waals surface area contributed by atoms with E-state index >= 15 is 0 Å². The Morgan fingerprint density at radius 2 is 1.86 bits per heavy atom. The third-order valence-corrected chi connectivity index (χ3v) is 5.06. The first-order valence-corrected chi connectivity index (χ1v) is 8.82. The van der Waals surface area contributed by atoms with Gasteiger partial charge in [-0.2, -0.15) is 0 Å². The molecule has 0 aromatic carbocycles. The molecule has 0 spiro atoms. The molecule has 0 atom stereocenters. The lowest BCUT2D eigenvalue weighted by Gasteiger charge is -2.30. The van der Waals surface area contributed by atoms with E-state index in [9.17, 15) is 0 Å². The van der Waals surface area contributed by atoms with Gasteiger partial charge in [-0.3, -0.25) is 0 Å². The van der Waals surface area contributed by atoms with Crippen LogP contribution in [0.2, 0.25) is 0 Å². The summed E-state index contributed by atoms with van der Waals surface area (Å²) in [5, 5.41) is 3.22. The first-order valence-electron chi connectivity index (χ1n) is 7.74. The van der Waals surface area contributed by atoms with E-state index in [4.69, 9.17) is 14.7 Å². The Labute approximate surface area is 141 Å². The zero-order chi connectivity index (χ0) is 15.7. The number of halogens is 1. The molecule has 2 rings (SSSR count). The molecule has 118 valence electrons. The Morgan fingerprint density at radius 1 is 1.24 bits per heavy atom. The Balaban J connectivity index is 2.58.